The van der Waals surface area contributed by atoms with Gasteiger partial charge in [0.2, 0.25) is 0 Å². The van der Waals surface area contributed by atoms with Crippen molar-refractivity contribution in [2.24, 2.45) is 0 Å². The minimum Gasteiger partial charge on any atom is -0.332 e. The number of hydrogen-bond donors (Lipinski definition) is 1. The number of nitrogens with zero attached hydrogens (tertiary/aromatic N) is 5. The fourth-order valence-electron chi connectivity index (χ4n) is 3.84. The molecule has 0 aromatic carbocycles. The molecule has 1 aromatic rings. The van der Waals surface area contributed by atoms with Gasteiger partial charge in [0, 0.05) is 44.7 Å². The van der Waals surface area contributed by atoms with Crippen molar-refractivity contribution < 1.29 is 4.79 Å². The molecule has 3 aliphatic rings. The lowest BCUT2D eigenvalue weighted by Crippen LogP contribution is -2.64. The smallest absolute Gasteiger partial charge is 0.317 e. The van der Waals surface area contributed by atoms with Crippen molar-refractivity contribution in [3.63, 3.8) is 0 Å². The standard InChI is InChI=1S/C17H26N6O/c1-2-15-19-20-16-12-21(8-9-23(15)16)14-10-22(11-14)17(24)18-13-6-4-3-5-7-13/h4,6,13-14H,2-3,5,7-12H2,1H3,(H,18,24)/t13-/m1/s1. The summed E-state index contributed by atoms with van der Waals surface area (Å²) < 4.78 is 2.25. The maximum absolute atomic E-state index is 12.3. The van der Waals surface area contributed by atoms with Gasteiger partial charge in [-0.1, -0.05) is 19.1 Å². The third-order valence-electron chi connectivity index (χ3n) is 5.40. The molecule has 1 aliphatic carbocycles. The molecule has 1 saturated heterocycles. The van der Waals surface area contributed by atoms with Crippen LogP contribution in [0.15, 0.2) is 12.2 Å². The van der Waals surface area contributed by atoms with Crippen molar-refractivity contribution in [2.75, 3.05) is 19.6 Å². The summed E-state index contributed by atoms with van der Waals surface area (Å²) >= 11 is 0. The van der Waals surface area contributed by atoms with Crippen LogP contribution in [0.2, 0.25) is 0 Å². The van der Waals surface area contributed by atoms with Gasteiger partial charge in [-0.3, -0.25) is 4.90 Å². The molecule has 1 N–H and O–H groups in total. The molecule has 7 heteroatoms. The van der Waals surface area contributed by atoms with E-state index in [9.17, 15) is 4.79 Å². The molecule has 24 heavy (non-hydrogen) atoms. The first kappa shape index (κ1) is 15.6. The summed E-state index contributed by atoms with van der Waals surface area (Å²) in [5.74, 6) is 2.15. The zero-order valence-electron chi connectivity index (χ0n) is 14.3. The van der Waals surface area contributed by atoms with Crippen molar-refractivity contribution >= 4 is 6.03 Å². The van der Waals surface area contributed by atoms with Gasteiger partial charge >= 0.3 is 6.03 Å². The number of hydrogen-bond acceptors (Lipinski definition) is 4. The molecule has 0 unspecified atom stereocenters. The monoisotopic (exact) mass is 330 g/mol. The minimum atomic E-state index is 0.0799. The summed E-state index contributed by atoms with van der Waals surface area (Å²) in [6, 6.07) is 0.746. The third kappa shape index (κ3) is 2.92. The molecule has 0 radical (unpaired) electrons. The Morgan fingerprint density at radius 3 is 2.96 bits per heavy atom. The number of aromatic nitrogens is 3. The van der Waals surface area contributed by atoms with E-state index in [1.165, 1.54) is 0 Å². The summed E-state index contributed by atoms with van der Waals surface area (Å²) in [6.45, 7) is 6.57. The Balaban J connectivity index is 1.27. The Kier molecular flexibility index (Phi) is 4.26. The van der Waals surface area contributed by atoms with E-state index in [4.69, 9.17) is 0 Å². The molecule has 2 amide bonds. The highest BCUT2D eigenvalue weighted by molar-refractivity contribution is 5.75. The van der Waals surface area contributed by atoms with Gasteiger partial charge in [-0.2, -0.15) is 0 Å². The van der Waals surface area contributed by atoms with Gasteiger partial charge in [0.05, 0.1) is 6.54 Å². The molecule has 1 atom stereocenters. The lowest BCUT2D eigenvalue weighted by atomic mass is 10.0. The Labute approximate surface area is 142 Å². The van der Waals surface area contributed by atoms with E-state index in [1.54, 1.807) is 0 Å². The van der Waals surface area contributed by atoms with E-state index in [0.29, 0.717) is 6.04 Å². The Morgan fingerprint density at radius 1 is 1.33 bits per heavy atom. The van der Waals surface area contributed by atoms with Gasteiger partial charge in [0.25, 0.3) is 0 Å². The van der Waals surface area contributed by atoms with E-state index in [-0.39, 0.29) is 12.1 Å². The van der Waals surface area contributed by atoms with Crippen molar-refractivity contribution in [1.29, 1.82) is 0 Å². The van der Waals surface area contributed by atoms with E-state index >= 15 is 0 Å². The number of rotatable bonds is 3. The predicted molar refractivity (Wildman–Crippen MR) is 90.5 cm³/mol. The quantitative estimate of drug-likeness (QED) is 0.845. The highest BCUT2D eigenvalue weighted by atomic mass is 16.2. The lowest BCUT2D eigenvalue weighted by Gasteiger charge is -2.46. The van der Waals surface area contributed by atoms with Crippen LogP contribution in [0.3, 0.4) is 0 Å². The minimum absolute atomic E-state index is 0.0799. The van der Waals surface area contributed by atoms with Crippen LogP contribution in [-0.4, -0.2) is 62.3 Å². The molecule has 0 spiro atoms. The number of urea groups is 1. The van der Waals surface area contributed by atoms with Crippen LogP contribution in [-0.2, 0) is 19.5 Å². The first-order valence-corrected chi connectivity index (χ1v) is 9.11. The maximum atomic E-state index is 12.3. The number of likely N-dealkylation sites (tertiary alicyclic amines) is 1. The van der Waals surface area contributed by atoms with Crippen LogP contribution in [0.25, 0.3) is 0 Å². The van der Waals surface area contributed by atoms with Crippen molar-refractivity contribution in [3.8, 4) is 0 Å². The molecule has 7 nitrogen and oxygen atoms in total. The second-order valence-electron chi connectivity index (χ2n) is 6.98. The number of nitrogens with one attached hydrogen (secondary N) is 1. The Bertz CT molecular complexity index is 633. The van der Waals surface area contributed by atoms with E-state index in [2.05, 4.69) is 44.1 Å². The average Bonchev–Trinajstić information content (AvgIpc) is 2.97. The molecular weight excluding hydrogens is 304 g/mol. The number of allylic oxidation sites excluding steroid dienone is 1. The number of aryl methyl sites for hydroxylation is 1. The largest absolute Gasteiger partial charge is 0.332 e. The van der Waals surface area contributed by atoms with Gasteiger partial charge < -0.3 is 14.8 Å². The lowest BCUT2D eigenvalue weighted by molar-refractivity contribution is 0.0383. The summed E-state index contributed by atoms with van der Waals surface area (Å²) in [4.78, 5) is 16.7. The zero-order valence-corrected chi connectivity index (χ0v) is 14.3. The molecule has 2 aliphatic heterocycles. The molecule has 0 saturated carbocycles. The van der Waals surface area contributed by atoms with E-state index in [0.717, 1.165) is 70.1 Å². The zero-order chi connectivity index (χ0) is 16.5. The fourth-order valence-corrected chi connectivity index (χ4v) is 3.84. The van der Waals surface area contributed by atoms with E-state index < -0.39 is 0 Å². The van der Waals surface area contributed by atoms with Gasteiger partial charge in [-0.15, -0.1) is 10.2 Å². The van der Waals surface area contributed by atoms with Crippen molar-refractivity contribution in [2.45, 2.75) is 57.8 Å². The van der Waals surface area contributed by atoms with Crippen LogP contribution in [0.4, 0.5) is 4.79 Å². The number of carbonyl (C=O) groups excluding carboxylic acids is 1. The molecule has 3 heterocycles. The topological polar surface area (TPSA) is 66.3 Å². The number of carbonyl (C=O) groups is 1. The summed E-state index contributed by atoms with van der Waals surface area (Å²) in [5, 5.41) is 11.7. The van der Waals surface area contributed by atoms with Crippen LogP contribution < -0.4 is 5.32 Å². The highest BCUT2D eigenvalue weighted by Gasteiger charge is 2.37. The van der Waals surface area contributed by atoms with Gasteiger partial charge in [-0.05, 0) is 19.3 Å². The van der Waals surface area contributed by atoms with Crippen molar-refractivity contribution in [1.82, 2.24) is 29.9 Å². The maximum Gasteiger partial charge on any atom is 0.317 e. The molecule has 1 fully saturated rings. The molecule has 130 valence electrons. The first-order chi connectivity index (χ1) is 11.7. The fraction of sp³-hybridized carbons (Fsp3) is 0.706. The van der Waals surface area contributed by atoms with Crippen LogP contribution in [0, 0.1) is 0 Å². The molecule has 0 bridgehead atoms. The summed E-state index contributed by atoms with van der Waals surface area (Å²) in [5.41, 5.74) is 0. The van der Waals surface area contributed by atoms with Gasteiger partial charge in [0.15, 0.2) is 0 Å². The van der Waals surface area contributed by atoms with Crippen LogP contribution in [0.1, 0.15) is 37.8 Å². The van der Waals surface area contributed by atoms with Crippen molar-refractivity contribution in [3.05, 3.63) is 23.8 Å². The highest BCUT2D eigenvalue weighted by Crippen LogP contribution is 2.21. The van der Waals surface area contributed by atoms with Gasteiger partial charge in [-0.25, -0.2) is 4.79 Å². The summed E-state index contributed by atoms with van der Waals surface area (Å²) in [6.07, 6.45) is 8.58. The van der Waals surface area contributed by atoms with E-state index in [1.807, 2.05) is 4.90 Å². The Morgan fingerprint density at radius 2 is 2.21 bits per heavy atom. The molecular formula is C17H26N6O. The molecule has 4 rings (SSSR count). The second-order valence-corrected chi connectivity index (χ2v) is 6.98. The van der Waals surface area contributed by atoms with Gasteiger partial charge in [0.1, 0.15) is 11.6 Å². The number of fused-ring (bicyclic) bond motifs is 1. The number of amides is 2. The van der Waals surface area contributed by atoms with Crippen LogP contribution >= 0.6 is 0 Å². The molecule has 1 aromatic heterocycles. The third-order valence-corrected chi connectivity index (χ3v) is 5.40. The SMILES string of the molecule is CCc1nnc2n1CCN(C1CN(C(=O)N[C@@H]3C=CCCC3)C1)C2. The predicted octanol–water partition coefficient (Wildman–Crippen LogP) is 1.16. The van der Waals surface area contributed by atoms with Crippen LogP contribution in [0.5, 0.6) is 0 Å². The second kappa shape index (κ2) is 6.55. The first-order valence-electron chi connectivity index (χ1n) is 9.11. The normalized spacial score (nSPS) is 24.5. The Hall–Kier alpha value is -1.89. The summed E-state index contributed by atoms with van der Waals surface area (Å²) in [7, 11) is 0. The average molecular weight is 330 g/mol.